The molecule has 2 saturated heterocycles. The number of rotatable bonds is 4. The highest BCUT2D eigenvalue weighted by atomic mass is 32.2. The van der Waals surface area contributed by atoms with Crippen molar-refractivity contribution in [3.05, 3.63) is 30.1 Å². The number of carbonyl (C=O) groups excluding carboxylic acids is 1. The van der Waals surface area contributed by atoms with Crippen LogP contribution in [0.3, 0.4) is 0 Å². The van der Waals surface area contributed by atoms with Crippen LogP contribution in [0.25, 0.3) is 0 Å². The standard InChI is InChI=1S/C14H19N3O4S/c1-22(19,20)17-7-12-11(9-21-13(12)8-17)6-16-14(18)10-3-2-4-15-5-10/h2-5,11-13H,6-9H2,1H3,(H,16,18)/t11-,12+,13+/m1/s1. The fourth-order valence-corrected chi connectivity index (χ4v) is 3.93. The molecule has 0 spiro atoms. The van der Waals surface area contributed by atoms with Crippen LogP contribution >= 0.6 is 0 Å². The van der Waals surface area contributed by atoms with Crippen molar-refractivity contribution >= 4 is 15.9 Å². The first-order valence-corrected chi connectivity index (χ1v) is 9.05. The molecule has 3 atom stereocenters. The number of carbonyl (C=O) groups is 1. The van der Waals surface area contributed by atoms with Gasteiger partial charge in [0.05, 0.1) is 24.5 Å². The van der Waals surface area contributed by atoms with Gasteiger partial charge in [0.25, 0.3) is 5.91 Å². The van der Waals surface area contributed by atoms with Crippen LogP contribution in [0.4, 0.5) is 0 Å². The van der Waals surface area contributed by atoms with E-state index in [0.29, 0.717) is 31.8 Å². The number of amides is 1. The van der Waals surface area contributed by atoms with Crippen LogP contribution in [0.5, 0.6) is 0 Å². The van der Waals surface area contributed by atoms with E-state index in [2.05, 4.69) is 10.3 Å². The van der Waals surface area contributed by atoms with Gasteiger partial charge in [-0.25, -0.2) is 8.42 Å². The summed E-state index contributed by atoms with van der Waals surface area (Å²) in [6.45, 7) is 1.92. The molecule has 0 unspecified atom stereocenters. The number of pyridine rings is 1. The molecule has 1 aromatic rings. The molecular weight excluding hydrogens is 306 g/mol. The van der Waals surface area contributed by atoms with Crippen molar-refractivity contribution in [2.75, 3.05) is 32.5 Å². The van der Waals surface area contributed by atoms with Gasteiger partial charge in [-0.3, -0.25) is 9.78 Å². The van der Waals surface area contributed by atoms with Gasteiger partial charge in [-0.1, -0.05) is 0 Å². The van der Waals surface area contributed by atoms with Gasteiger partial charge in [-0.05, 0) is 12.1 Å². The molecule has 1 aromatic heterocycles. The van der Waals surface area contributed by atoms with E-state index >= 15 is 0 Å². The largest absolute Gasteiger partial charge is 0.376 e. The highest BCUT2D eigenvalue weighted by Gasteiger charge is 2.46. The number of ether oxygens (including phenoxy) is 1. The van der Waals surface area contributed by atoms with Crippen LogP contribution in [0.2, 0.25) is 0 Å². The van der Waals surface area contributed by atoms with E-state index in [9.17, 15) is 13.2 Å². The lowest BCUT2D eigenvalue weighted by Gasteiger charge is -2.18. The number of hydrogen-bond donors (Lipinski definition) is 1. The molecule has 7 nitrogen and oxygen atoms in total. The Bertz CT molecular complexity index is 649. The van der Waals surface area contributed by atoms with Crippen molar-refractivity contribution in [1.82, 2.24) is 14.6 Å². The van der Waals surface area contributed by atoms with E-state index in [4.69, 9.17) is 4.74 Å². The quantitative estimate of drug-likeness (QED) is 0.822. The van der Waals surface area contributed by atoms with E-state index in [1.165, 1.54) is 16.8 Å². The van der Waals surface area contributed by atoms with Gasteiger partial charge in [0, 0.05) is 43.9 Å². The highest BCUT2D eigenvalue weighted by molar-refractivity contribution is 7.88. The second-order valence-electron chi connectivity index (χ2n) is 5.83. The average molecular weight is 325 g/mol. The molecular formula is C14H19N3O4S. The van der Waals surface area contributed by atoms with Gasteiger partial charge in [0.2, 0.25) is 10.0 Å². The number of sulfonamides is 1. The molecule has 0 radical (unpaired) electrons. The summed E-state index contributed by atoms with van der Waals surface area (Å²) >= 11 is 0. The summed E-state index contributed by atoms with van der Waals surface area (Å²) in [5, 5.41) is 2.88. The summed E-state index contributed by atoms with van der Waals surface area (Å²) < 4.78 is 30.4. The van der Waals surface area contributed by atoms with Crippen LogP contribution < -0.4 is 5.32 Å². The Hall–Kier alpha value is -1.51. The zero-order valence-electron chi connectivity index (χ0n) is 12.3. The third-order valence-electron chi connectivity index (χ3n) is 4.32. The van der Waals surface area contributed by atoms with Crippen molar-refractivity contribution in [2.45, 2.75) is 6.10 Å². The molecule has 0 bridgehead atoms. The third-order valence-corrected chi connectivity index (χ3v) is 5.56. The first kappa shape index (κ1) is 15.4. The average Bonchev–Trinajstić information content (AvgIpc) is 3.06. The minimum atomic E-state index is -3.18. The second kappa shape index (κ2) is 5.94. The smallest absolute Gasteiger partial charge is 0.252 e. The van der Waals surface area contributed by atoms with Crippen molar-refractivity contribution in [3.8, 4) is 0 Å². The van der Waals surface area contributed by atoms with Gasteiger partial charge in [0.15, 0.2) is 0 Å². The SMILES string of the molecule is CS(=O)(=O)N1C[C@H]2[C@H](CNC(=O)c3cccnc3)CO[C@H]2C1. The molecule has 0 aromatic carbocycles. The maximum Gasteiger partial charge on any atom is 0.252 e. The maximum atomic E-state index is 12.0. The summed E-state index contributed by atoms with van der Waals surface area (Å²) in [6.07, 6.45) is 4.29. The molecule has 1 N–H and O–H groups in total. The first-order chi connectivity index (χ1) is 10.4. The fraction of sp³-hybridized carbons (Fsp3) is 0.571. The molecule has 22 heavy (non-hydrogen) atoms. The highest BCUT2D eigenvalue weighted by Crippen LogP contribution is 2.34. The molecule has 0 saturated carbocycles. The Morgan fingerprint density at radius 3 is 3.00 bits per heavy atom. The molecule has 2 fully saturated rings. The van der Waals surface area contributed by atoms with Crippen molar-refractivity contribution in [2.24, 2.45) is 11.8 Å². The molecule has 120 valence electrons. The van der Waals surface area contributed by atoms with Crippen LogP contribution in [0.15, 0.2) is 24.5 Å². The zero-order valence-corrected chi connectivity index (χ0v) is 13.1. The lowest BCUT2D eigenvalue weighted by Crippen LogP contribution is -2.35. The minimum Gasteiger partial charge on any atom is -0.376 e. The van der Waals surface area contributed by atoms with Gasteiger partial charge in [0.1, 0.15) is 0 Å². The first-order valence-electron chi connectivity index (χ1n) is 7.20. The molecule has 0 aliphatic carbocycles. The summed E-state index contributed by atoms with van der Waals surface area (Å²) in [6, 6.07) is 3.42. The number of nitrogens with zero attached hydrogens (tertiary/aromatic N) is 2. The van der Waals surface area contributed by atoms with Crippen LogP contribution in [-0.2, 0) is 14.8 Å². The minimum absolute atomic E-state index is 0.0602. The topological polar surface area (TPSA) is 88.6 Å². The molecule has 3 rings (SSSR count). The number of aromatic nitrogens is 1. The van der Waals surface area contributed by atoms with Crippen molar-refractivity contribution in [1.29, 1.82) is 0 Å². The lowest BCUT2D eigenvalue weighted by atomic mass is 9.93. The van der Waals surface area contributed by atoms with Crippen LogP contribution in [0, 0.1) is 11.8 Å². The van der Waals surface area contributed by atoms with Gasteiger partial charge < -0.3 is 10.1 Å². The molecule has 8 heteroatoms. The molecule has 1 amide bonds. The summed E-state index contributed by atoms with van der Waals surface area (Å²) in [5.41, 5.74) is 0.516. The van der Waals surface area contributed by atoms with E-state index in [0.717, 1.165) is 0 Å². The Balaban J connectivity index is 1.57. The van der Waals surface area contributed by atoms with Crippen LogP contribution in [-0.4, -0.2) is 62.2 Å². The van der Waals surface area contributed by atoms with E-state index in [1.807, 2.05) is 0 Å². The van der Waals surface area contributed by atoms with E-state index < -0.39 is 10.0 Å². The molecule has 3 heterocycles. The predicted molar refractivity (Wildman–Crippen MR) is 79.7 cm³/mol. The fourth-order valence-electron chi connectivity index (χ4n) is 3.07. The number of nitrogens with one attached hydrogen (secondary N) is 1. The number of fused-ring (bicyclic) bond motifs is 1. The Morgan fingerprint density at radius 1 is 1.50 bits per heavy atom. The third kappa shape index (κ3) is 3.13. The summed E-state index contributed by atoms with van der Waals surface area (Å²) in [5.74, 6) is 0.107. The lowest BCUT2D eigenvalue weighted by molar-refractivity contribution is 0.0932. The second-order valence-corrected chi connectivity index (χ2v) is 7.81. The predicted octanol–water partition coefficient (Wildman–Crippen LogP) is -0.282. The Kier molecular flexibility index (Phi) is 4.16. The normalized spacial score (nSPS) is 28.5. The van der Waals surface area contributed by atoms with Crippen molar-refractivity contribution in [3.63, 3.8) is 0 Å². The van der Waals surface area contributed by atoms with Crippen LogP contribution in [0.1, 0.15) is 10.4 Å². The van der Waals surface area contributed by atoms with E-state index in [-0.39, 0.29) is 23.8 Å². The molecule has 2 aliphatic rings. The summed E-state index contributed by atoms with van der Waals surface area (Å²) in [7, 11) is -3.18. The Labute approximate surface area is 129 Å². The molecule has 2 aliphatic heterocycles. The van der Waals surface area contributed by atoms with Gasteiger partial charge >= 0.3 is 0 Å². The van der Waals surface area contributed by atoms with Gasteiger partial charge in [-0.2, -0.15) is 4.31 Å². The van der Waals surface area contributed by atoms with Gasteiger partial charge in [-0.15, -0.1) is 0 Å². The van der Waals surface area contributed by atoms with E-state index in [1.54, 1.807) is 18.3 Å². The Morgan fingerprint density at radius 2 is 2.32 bits per heavy atom. The number of hydrogen-bond acceptors (Lipinski definition) is 5. The van der Waals surface area contributed by atoms with Crippen molar-refractivity contribution < 1.29 is 17.9 Å². The summed E-state index contributed by atoms with van der Waals surface area (Å²) in [4.78, 5) is 15.9. The maximum absolute atomic E-state index is 12.0. The monoisotopic (exact) mass is 325 g/mol. The zero-order chi connectivity index (χ0) is 15.7.